The maximum Gasteiger partial charge on any atom is 0.332 e. The standard InChI is InChI=1S/C20H23N5O5/c1-22-17(14(12-21)19(27)23(2)20(22)28)24-7-9-25(10-8-24)18(26)13-5-6-15(29-3)16(11-13)30-4/h5-6,11H,7-10H2,1-4H3. The molecule has 1 aliphatic rings. The lowest BCUT2D eigenvalue weighted by Gasteiger charge is -2.37. The van der Waals surface area contributed by atoms with Crippen LogP contribution in [-0.4, -0.2) is 60.3 Å². The third-order valence-electron chi connectivity index (χ3n) is 5.24. The Kier molecular flexibility index (Phi) is 5.82. The first-order chi connectivity index (χ1) is 14.3. The van der Waals surface area contributed by atoms with E-state index in [1.165, 1.54) is 32.9 Å². The second-order valence-corrected chi connectivity index (χ2v) is 6.87. The number of amides is 1. The molecule has 0 atom stereocenters. The van der Waals surface area contributed by atoms with Gasteiger partial charge in [0.25, 0.3) is 11.5 Å². The molecule has 1 aromatic carbocycles. The Bertz CT molecular complexity index is 1140. The number of carbonyl (C=O) groups excluding carboxylic acids is 1. The van der Waals surface area contributed by atoms with Gasteiger partial charge in [-0.15, -0.1) is 0 Å². The quantitative estimate of drug-likeness (QED) is 0.690. The van der Waals surface area contributed by atoms with Gasteiger partial charge in [0, 0.05) is 45.8 Å². The van der Waals surface area contributed by atoms with Crippen LogP contribution in [0.5, 0.6) is 11.5 Å². The molecule has 10 nitrogen and oxygen atoms in total. The van der Waals surface area contributed by atoms with E-state index in [1.54, 1.807) is 28.0 Å². The fourth-order valence-electron chi connectivity index (χ4n) is 3.57. The van der Waals surface area contributed by atoms with Crippen molar-refractivity contribution in [3.05, 3.63) is 50.2 Å². The predicted octanol–water partition coefficient (Wildman–Crippen LogP) is -0.0647. The molecule has 0 saturated carbocycles. The number of nitriles is 1. The third kappa shape index (κ3) is 3.50. The van der Waals surface area contributed by atoms with Crippen LogP contribution in [-0.2, 0) is 14.1 Å². The molecule has 1 aliphatic heterocycles. The minimum Gasteiger partial charge on any atom is -0.493 e. The van der Waals surface area contributed by atoms with Crippen molar-refractivity contribution in [3.63, 3.8) is 0 Å². The number of carbonyl (C=O) groups is 1. The lowest BCUT2D eigenvalue weighted by molar-refractivity contribution is 0.0746. The van der Waals surface area contributed by atoms with Gasteiger partial charge in [-0.3, -0.25) is 18.7 Å². The van der Waals surface area contributed by atoms with Crippen molar-refractivity contribution in [1.82, 2.24) is 14.0 Å². The van der Waals surface area contributed by atoms with E-state index in [0.29, 0.717) is 43.2 Å². The Balaban J connectivity index is 1.82. The number of methoxy groups -OCH3 is 2. The molecule has 2 heterocycles. The molecule has 0 aliphatic carbocycles. The fraction of sp³-hybridized carbons (Fsp3) is 0.400. The number of benzene rings is 1. The highest BCUT2D eigenvalue weighted by atomic mass is 16.5. The van der Waals surface area contributed by atoms with E-state index in [1.807, 2.05) is 6.07 Å². The minimum atomic E-state index is -0.626. The Morgan fingerprint density at radius 1 is 1.00 bits per heavy atom. The van der Waals surface area contributed by atoms with Crippen LogP contribution < -0.4 is 25.6 Å². The zero-order valence-electron chi connectivity index (χ0n) is 17.3. The largest absolute Gasteiger partial charge is 0.493 e. The van der Waals surface area contributed by atoms with Crippen molar-refractivity contribution in [2.45, 2.75) is 0 Å². The third-order valence-corrected chi connectivity index (χ3v) is 5.24. The van der Waals surface area contributed by atoms with E-state index < -0.39 is 11.2 Å². The summed E-state index contributed by atoms with van der Waals surface area (Å²) in [6.07, 6.45) is 0. The second kappa shape index (κ2) is 8.32. The second-order valence-electron chi connectivity index (χ2n) is 6.87. The number of nitrogens with zero attached hydrogens (tertiary/aromatic N) is 5. The summed E-state index contributed by atoms with van der Waals surface area (Å²) in [7, 11) is 5.90. The molecular weight excluding hydrogens is 390 g/mol. The highest BCUT2D eigenvalue weighted by Gasteiger charge is 2.27. The normalized spacial score (nSPS) is 13.7. The summed E-state index contributed by atoms with van der Waals surface area (Å²) in [4.78, 5) is 41.0. The van der Waals surface area contributed by atoms with Gasteiger partial charge in [0.15, 0.2) is 17.1 Å². The van der Waals surface area contributed by atoms with Gasteiger partial charge in [-0.05, 0) is 18.2 Å². The Labute approximate surface area is 173 Å². The molecule has 1 amide bonds. The minimum absolute atomic E-state index is 0.0840. The average Bonchev–Trinajstić information content (AvgIpc) is 2.79. The number of anilines is 1. The van der Waals surface area contributed by atoms with Gasteiger partial charge in [0.2, 0.25) is 0 Å². The monoisotopic (exact) mass is 413 g/mol. The Morgan fingerprint density at radius 2 is 1.63 bits per heavy atom. The lowest BCUT2D eigenvalue weighted by atomic mass is 10.1. The molecule has 3 rings (SSSR count). The van der Waals surface area contributed by atoms with Crippen molar-refractivity contribution in [2.24, 2.45) is 14.1 Å². The summed E-state index contributed by atoms with van der Waals surface area (Å²) in [5.74, 6) is 1.13. The topological polar surface area (TPSA) is 110 Å². The number of piperazine rings is 1. The number of hydrogen-bond acceptors (Lipinski definition) is 7. The highest BCUT2D eigenvalue weighted by Crippen LogP contribution is 2.28. The lowest BCUT2D eigenvalue weighted by Crippen LogP contribution is -2.51. The predicted molar refractivity (Wildman–Crippen MR) is 109 cm³/mol. The van der Waals surface area contributed by atoms with Gasteiger partial charge in [0.05, 0.1) is 14.2 Å². The van der Waals surface area contributed by atoms with Crippen LogP contribution >= 0.6 is 0 Å². The van der Waals surface area contributed by atoms with Gasteiger partial charge in [-0.2, -0.15) is 5.26 Å². The van der Waals surface area contributed by atoms with E-state index in [9.17, 15) is 19.6 Å². The first kappa shape index (κ1) is 21.0. The summed E-state index contributed by atoms with van der Waals surface area (Å²) >= 11 is 0. The molecule has 0 spiro atoms. The molecule has 0 bridgehead atoms. The number of rotatable bonds is 4. The Morgan fingerprint density at radius 3 is 2.20 bits per heavy atom. The van der Waals surface area contributed by atoms with E-state index in [-0.39, 0.29) is 17.3 Å². The van der Waals surface area contributed by atoms with Crippen molar-refractivity contribution >= 4 is 11.7 Å². The van der Waals surface area contributed by atoms with E-state index >= 15 is 0 Å². The van der Waals surface area contributed by atoms with Gasteiger partial charge in [-0.25, -0.2) is 4.79 Å². The van der Waals surface area contributed by atoms with Crippen LogP contribution in [0.25, 0.3) is 0 Å². The maximum atomic E-state index is 12.9. The zero-order chi connectivity index (χ0) is 22.0. The zero-order valence-corrected chi connectivity index (χ0v) is 17.3. The molecular formula is C20H23N5O5. The maximum absolute atomic E-state index is 12.9. The number of ether oxygens (including phenoxy) is 2. The number of hydrogen-bond donors (Lipinski definition) is 0. The van der Waals surface area contributed by atoms with E-state index in [4.69, 9.17) is 9.47 Å². The summed E-state index contributed by atoms with van der Waals surface area (Å²) in [5, 5.41) is 9.46. The summed E-state index contributed by atoms with van der Waals surface area (Å²) < 4.78 is 12.7. The van der Waals surface area contributed by atoms with Crippen molar-refractivity contribution in [3.8, 4) is 17.6 Å². The summed E-state index contributed by atoms with van der Waals surface area (Å²) in [6, 6.07) is 6.90. The summed E-state index contributed by atoms with van der Waals surface area (Å²) in [6.45, 7) is 1.52. The number of aromatic nitrogens is 2. The molecule has 1 aromatic heterocycles. The fourth-order valence-corrected chi connectivity index (χ4v) is 3.57. The molecule has 1 saturated heterocycles. The summed E-state index contributed by atoms with van der Waals surface area (Å²) in [5.41, 5.74) is -0.740. The molecule has 10 heteroatoms. The first-order valence-corrected chi connectivity index (χ1v) is 9.30. The molecule has 158 valence electrons. The first-order valence-electron chi connectivity index (χ1n) is 9.30. The van der Waals surface area contributed by atoms with Crippen LogP contribution in [0.2, 0.25) is 0 Å². The molecule has 2 aromatic rings. The SMILES string of the molecule is COc1ccc(C(=O)N2CCN(c3c(C#N)c(=O)n(C)c(=O)n3C)CC2)cc1OC. The van der Waals surface area contributed by atoms with Gasteiger partial charge in [-0.1, -0.05) is 0 Å². The smallest absolute Gasteiger partial charge is 0.332 e. The van der Waals surface area contributed by atoms with Gasteiger partial charge in [0.1, 0.15) is 11.9 Å². The van der Waals surface area contributed by atoms with Crippen LogP contribution in [0.15, 0.2) is 27.8 Å². The average molecular weight is 413 g/mol. The van der Waals surface area contributed by atoms with Crippen LogP contribution in [0.1, 0.15) is 15.9 Å². The van der Waals surface area contributed by atoms with Gasteiger partial charge >= 0.3 is 5.69 Å². The van der Waals surface area contributed by atoms with Crippen LogP contribution in [0, 0.1) is 11.3 Å². The Hall–Kier alpha value is -3.74. The molecule has 0 radical (unpaired) electrons. The van der Waals surface area contributed by atoms with E-state index in [0.717, 1.165) is 4.57 Å². The molecule has 1 fully saturated rings. The van der Waals surface area contributed by atoms with Crippen molar-refractivity contribution in [2.75, 3.05) is 45.3 Å². The highest BCUT2D eigenvalue weighted by molar-refractivity contribution is 5.95. The molecule has 0 unspecified atom stereocenters. The van der Waals surface area contributed by atoms with Crippen molar-refractivity contribution in [1.29, 1.82) is 5.26 Å². The van der Waals surface area contributed by atoms with Crippen LogP contribution in [0.3, 0.4) is 0 Å². The van der Waals surface area contributed by atoms with Gasteiger partial charge < -0.3 is 19.3 Å². The molecule has 30 heavy (non-hydrogen) atoms. The molecule has 0 N–H and O–H groups in total. The van der Waals surface area contributed by atoms with E-state index in [2.05, 4.69) is 0 Å². The van der Waals surface area contributed by atoms with Crippen LogP contribution in [0.4, 0.5) is 5.82 Å². The van der Waals surface area contributed by atoms with Crippen molar-refractivity contribution < 1.29 is 14.3 Å².